The van der Waals surface area contributed by atoms with Gasteiger partial charge in [-0.2, -0.15) is 5.10 Å². The van der Waals surface area contributed by atoms with E-state index in [2.05, 4.69) is 86.7 Å². The van der Waals surface area contributed by atoms with Crippen molar-refractivity contribution < 1.29 is 0 Å². The van der Waals surface area contributed by atoms with Crippen molar-refractivity contribution in [2.45, 2.75) is 47.0 Å². The summed E-state index contributed by atoms with van der Waals surface area (Å²) in [5.74, 6) is 2.69. The van der Waals surface area contributed by atoms with E-state index in [0.717, 1.165) is 32.4 Å². The van der Waals surface area contributed by atoms with E-state index >= 15 is 0 Å². The van der Waals surface area contributed by atoms with Gasteiger partial charge in [-0.05, 0) is 26.7 Å². The molecule has 0 spiro atoms. The Morgan fingerprint density at radius 1 is 1.26 bits per heavy atom. The van der Waals surface area contributed by atoms with Gasteiger partial charge >= 0.3 is 0 Å². The largest absolute Gasteiger partial charge is 0.293 e. The maximum atomic E-state index is 4.71. The summed E-state index contributed by atoms with van der Waals surface area (Å²) in [4.78, 5) is 0. The third-order valence-corrected chi connectivity index (χ3v) is 3.29. The summed E-state index contributed by atoms with van der Waals surface area (Å²) in [5, 5.41) is 6.87. The van der Waals surface area contributed by atoms with E-state index in [0.29, 0.717) is 5.92 Å². The third-order valence-electron chi connectivity index (χ3n) is 3.29. The van der Waals surface area contributed by atoms with Gasteiger partial charge in [0.1, 0.15) is 0 Å². The highest BCUT2D eigenvalue weighted by Gasteiger charge is 2.16. The molecule has 1 unspecified atom stereocenters. The molecule has 0 amide bonds. The lowest BCUT2D eigenvalue weighted by molar-refractivity contribution is 0.353. The van der Waals surface area contributed by atoms with Crippen LogP contribution in [-0.4, -0.2) is 23.8 Å². The zero-order chi connectivity index (χ0) is 17.3. The van der Waals surface area contributed by atoms with Crippen molar-refractivity contribution >= 4 is 5.71 Å². The molecule has 126 valence electrons. The average molecular weight is 313 g/mol. The lowest BCUT2D eigenvalue weighted by Crippen LogP contribution is -2.13. The zero-order valence-corrected chi connectivity index (χ0v) is 15.2. The topological polar surface area (TPSA) is 15.6 Å². The number of nitrogens with zero attached hydrogens (tertiary/aromatic N) is 2. The fourth-order valence-electron chi connectivity index (χ4n) is 2.04. The molecule has 0 radical (unpaired) electrons. The first-order valence-electron chi connectivity index (χ1n) is 8.48. The lowest BCUT2D eigenvalue weighted by Gasteiger charge is -2.09. The van der Waals surface area contributed by atoms with Gasteiger partial charge in [-0.25, -0.2) is 0 Å². The second kappa shape index (κ2) is 14.9. The molecule has 0 bridgehead atoms. The number of hydrogen-bond acceptors (Lipinski definition) is 2. The molecule has 2 heteroatoms. The zero-order valence-electron chi connectivity index (χ0n) is 15.2. The van der Waals surface area contributed by atoms with Gasteiger partial charge in [0.15, 0.2) is 0 Å². The van der Waals surface area contributed by atoms with Gasteiger partial charge in [0.2, 0.25) is 0 Å². The van der Waals surface area contributed by atoms with Crippen LogP contribution in [0.25, 0.3) is 0 Å². The van der Waals surface area contributed by atoms with Gasteiger partial charge < -0.3 is 0 Å². The van der Waals surface area contributed by atoms with E-state index in [1.54, 1.807) is 6.92 Å². The smallest absolute Gasteiger partial charge is 0.0541 e. The van der Waals surface area contributed by atoms with Crippen LogP contribution in [0.2, 0.25) is 0 Å². The van der Waals surface area contributed by atoms with Crippen LogP contribution in [0.15, 0.2) is 53.7 Å². The minimum Gasteiger partial charge on any atom is -0.293 e. The lowest BCUT2D eigenvalue weighted by atomic mass is 10.0. The Hall–Kier alpha value is -2.01. The van der Waals surface area contributed by atoms with E-state index in [4.69, 9.17) is 5.10 Å². The van der Waals surface area contributed by atoms with Crippen molar-refractivity contribution in [1.29, 1.82) is 0 Å². The van der Waals surface area contributed by atoms with Gasteiger partial charge in [-0.15, -0.1) is 12.3 Å². The minimum absolute atomic E-state index is 0.438. The molecule has 0 saturated carbocycles. The second-order valence-electron chi connectivity index (χ2n) is 5.33. The van der Waals surface area contributed by atoms with Gasteiger partial charge in [-0.1, -0.05) is 62.5 Å². The van der Waals surface area contributed by atoms with Crippen molar-refractivity contribution in [1.82, 2.24) is 5.01 Å². The van der Waals surface area contributed by atoms with Crippen LogP contribution in [0.3, 0.4) is 0 Å². The van der Waals surface area contributed by atoms with Gasteiger partial charge in [-0.3, -0.25) is 5.01 Å². The number of hydrazone groups is 1. The highest BCUT2D eigenvalue weighted by molar-refractivity contribution is 5.89. The fourth-order valence-corrected chi connectivity index (χ4v) is 2.04. The quantitative estimate of drug-likeness (QED) is 0.334. The molecule has 0 aromatic rings. The van der Waals surface area contributed by atoms with Crippen molar-refractivity contribution in [2.75, 3.05) is 13.1 Å². The molecule has 1 aliphatic heterocycles. The molecule has 1 atom stereocenters. The molecule has 0 aromatic carbocycles. The number of rotatable bonds is 8. The van der Waals surface area contributed by atoms with Crippen LogP contribution >= 0.6 is 0 Å². The fraction of sp³-hybridized carbons (Fsp3) is 0.476. The van der Waals surface area contributed by atoms with E-state index in [9.17, 15) is 0 Å². The van der Waals surface area contributed by atoms with Gasteiger partial charge in [0, 0.05) is 24.6 Å². The molecular weight excluding hydrogens is 280 g/mol. The van der Waals surface area contributed by atoms with Crippen LogP contribution < -0.4 is 0 Å². The highest BCUT2D eigenvalue weighted by atomic mass is 15.5. The molecule has 0 fully saturated rings. The van der Waals surface area contributed by atoms with Crippen LogP contribution in [0, 0.1) is 18.3 Å². The molecule has 0 saturated heterocycles. The molecule has 1 heterocycles. The van der Waals surface area contributed by atoms with E-state index in [-0.39, 0.29) is 0 Å². The van der Waals surface area contributed by atoms with E-state index < -0.39 is 0 Å². The van der Waals surface area contributed by atoms with Crippen LogP contribution in [-0.2, 0) is 0 Å². The summed E-state index contributed by atoms with van der Waals surface area (Å²) < 4.78 is 0. The van der Waals surface area contributed by atoms with Crippen molar-refractivity contribution in [3.63, 3.8) is 0 Å². The maximum Gasteiger partial charge on any atom is 0.0541 e. The molecule has 0 aromatic heterocycles. The summed E-state index contributed by atoms with van der Waals surface area (Å²) in [7, 11) is 0. The predicted molar refractivity (Wildman–Crippen MR) is 104 cm³/mol. The summed E-state index contributed by atoms with van der Waals surface area (Å²) >= 11 is 0. The Kier molecular flexibility index (Phi) is 13.6. The predicted octanol–water partition coefficient (Wildman–Crippen LogP) is 5.37. The van der Waals surface area contributed by atoms with Crippen molar-refractivity contribution in [3.8, 4) is 12.3 Å². The normalized spacial score (nSPS) is 16.1. The Morgan fingerprint density at radius 3 is 2.65 bits per heavy atom. The van der Waals surface area contributed by atoms with E-state index in [1.807, 2.05) is 0 Å². The van der Waals surface area contributed by atoms with Crippen molar-refractivity contribution in [3.05, 3.63) is 48.6 Å². The van der Waals surface area contributed by atoms with Crippen LogP contribution in [0.1, 0.15) is 47.0 Å². The molecule has 0 N–H and O–H groups in total. The minimum atomic E-state index is 0.438. The number of hydrogen-bond donors (Lipinski definition) is 0. The first kappa shape index (κ1) is 21.0. The second-order valence-corrected chi connectivity index (χ2v) is 5.33. The number of terminal acetylenes is 1. The Morgan fingerprint density at radius 2 is 2.00 bits per heavy atom. The third kappa shape index (κ3) is 11.2. The van der Waals surface area contributed by atoms with E-state index in [1.165, 1.54) is 5.71 Å². The summed E-state index contributed by atoms with van der Waals surface area (Å²) in [6.45, 7) is 10.0. The monoisotopic (exact) mass is 312 g/mol. The number of allylic oxidation sites excluding steroid dienone is 7. The molecule has 23 heavy (non-hydrogen) atoms. The Bertz CT molecular complexity index is 473. The highest BCUT2D eigenvalue weighted by Crippen LogP contribution is 2.14. The molecular formula is C21H32N2. The SMILES string of the molecule is C#CC.C/C=C\C/C=C\CN1CCC(C(C)/C=C\C=C/CC)=N1. The Labute approximate surface area is 143 Å². The average Bonchev–Trinajstić information content (AvgIpc) is 3.01. The molecule has 1 aliphatic rings. The standard InChI is InChI=1S/C18H28N2.C3H4/c1-4-6-8-10-12-15-20-16-14-18(19-20)17(3)13-11-9-7-5-2;1-3-2/h4,6-7,9-13,17H,5,8,14-16H2,1-3H3;1H,2H3/b6-4-,9-7-,12-10-,13-11-;. The summed E-state index contributed by atoms with van der Waals surface area (Å²) in [6.07, 6.45) is 25.1. The molecule has 0 aliphatic carbocycles. The van der Waals surface area contributed by atoms with Gasteiger partial charge in [0.25, 0.3) is 0 Å². The first-order valence-corrected chi connectivity index (χ1v) is 8.48. The Balaban J connectivity index is 0.00000149. The summed E-state index contributed by atoms with van der Waals surface area (Å²) in [6, 6.07) is 0. The summed E-state index contributed by atoms with van der Waals surface area (Å²) in [5.41, 5.74) is 1.30. The van der Waals surface area contributed by atoms with Crippen LogP contribution in [0.5, 0.6) is 0 Å². The molecule has 1 rings (SSSR count). The maximum absolute atomic E-state index is 4.71. The first-order chi connectivity index (χ1) is 11.2. The van der Waals surface area contributed by atoms with Gasteiger partial charge in [0.05, 0.1) is 6.54 Å². The molecule has 2 nitrogen and oxygen atoms in total. The van der Waals surface area contributed by atoms with Crippen LogP contribution in [0.4, 0.5) is 0 Å². The van der Waals surface area contributed by atoms with Crippen molar-refractivity contribution in [2.24, 2.45) is 11.0 Å².